The highest BCUT2D eigenvalue weighted by Gasteiger charge is 2.17. The minimum Gasteiger partial charge on any atom is -0.467 e. The molecule has 33 heavy (non-hydrogen) atoms. The molecule has 0 saturated carbocycles. The van der Waals surface area contributed by atoms with Crippen LogP contribution < -0.4 is 10.6 Å². The Kier molecular flexibility index (Phi) is 5.58. The van der Waals surface area contributed by atoms with Crippen LogP contribution in [0.2, 0.25) is 0 Å². The minimum atomic E-state index is -0.168. The molecule has 2 N–H and O–H groups in total. The predicted molar refractivity (Wildman–Crippen MR) is 130 cm³/mol. The number of nitrogens with zero attached hydrogens (tertiary/aromatic N) is 3. The Labute approximate surface area is 195 Å². The second-order valence-electron chi connectivity index (χ2n) is 7.60. The van der Waals surface area contributed by atoms with E-state index in [2.05, 4.69) is 28.2 Å². The molecular formula is C25H21N5O2S. The van der Waals surface area contributed by atoms with Gasteiger partial charge in [-0.15, -0.1) is 12.6 Å². The topological polar surface area (TPSA) is 84.5 Å². The van der Waals surface area contributed by atoms with E-state index >= 15 is 0 Å². The third-order valence-electron chi connectivity index (χ3n) is 5.25. The maximum Gasteiger partial charge on any atom is 0.251 e. The number of amides is 1. The lowest BCUT2D eigenvalue weighted by Crippen LogP contribution is -2.22. The zero-order valence-electron chi connectivity index (χ0n) is 17.8. The number of fused-ring (bicyclic) bond motifs is 1. The van der Waals surface area contributed by atoms with Crippen LogP contribution >= 0.6 is 12.6 Å². The van der Waals surface area contributed by atoms with E-state index in [1.807, 2.05) is 53.9 Å². The number of carbonyl (C=O) groups is 1. The minimum absolute atomic E-state index is 0.168. The standard InChI is InChI=1S/C25H21N5O2S/c1-16-4-9-20(21(33)13-16)23-24(30-11-10-26-15-22(30)29-23)28-18-7-5-17(6-8-18)25(31)27-14-19-3-2-12-32-19/h2-13,15,28,33H,14H2,1H3,(H,27,31). The largest absolute Gasteiger partial charge is 0.467 e. The van der Waals surface area contributed by atoms with Gasteiger partial charge in [0.05, 0.1) is 19.0 Å². The molecule has 0 unspecified atom stereocenters. The van der Waals surface area contributed by atoms with E-state index in [1.54, 1.807) is 36.9 Å². The monoisotopic (exact) mass is 455 g/mol. The second kappa shape index (κ2) is 8.84. The third kappa shape index (κ3) is 4.33. The first-order valence-corrected chi connectivity index (χ1v) is 10.8. The second-order valence-corrected chi connectivity index (χ2v) is 8.08. The average molecular weight is 456 g/mol. The van der Waals surface area contributed by atoms with Gasteiger partial charge >= 0.3 is 0 Å². The van der Waals surface area contributed by atoms with E-state index in [4.69, 9.17) is 9.40 Å². The molecule has 0 fully saturated rings. The summed E-state index contributed by atoms with van der Waals surface area (Å²) >= 11 is 4.67. The van der Waals surface area contributed by atoms with Crippen LogP contribution in [0.1, 0.15) is 21.7 Å². The van der Waals surface area contributed by atoms with Crippen molar-refractivity contribution < 1.29 is 9.21 Å². The van der Waals surface area contributed by atoms with Gasteiger partial charge in [-0.1, -0.05) is 12.1 Å². The molecule has 5 rings (SSSR count). The van der Waals surface area contributed by atoms with Crippen LogP contribution in [0.5, 0.6) is 0 Å². The number of thiol groups is 1. The summed E-state index contributed by atoms with van der Waals surface area (Å²) in [5, 5.41) is 6.30. The maximum atomic E-state index is 12.4. The smallest absolute Gasteiger partial charge is 0.251 e. The fraction of sp³-hybridized carbons (Fsp3) is 0.0800. The highest BCUT2D eigenvalue weighted by molar-refractivity contribution is 7.80. The zero-order chi connectivity index (χ0) is 22.8. The van der Waals surface area contributed by atoms with Gasteiger partial charge in [0.2, 0.25) is 0 Å². The van der Waals surface area contributed by atoms with Crippen LogP contribution in [0.3, 0.4) is 0 Å². The van der Waals surface area contributed by atoms with Crippen LogP contribution in [-0.4, -0.2) is 20.3 Å². The Balaban J connectivity index is 1.42. The van der Waals surface area contributed by atoms with Crippen LogP contribution in [0.15, 0.2) is 88.8 Å². The molecule has 1 amide bonds. The number of aryl methyl sites for hydroxylation is 1. The van der Waals surface area contributed by atoms with Crippen molar-refractivity contribution in [1.82, 2.24) is 19.7 Å². The summed E-state index contributed by atoms with van der Waals surface area (Å²) in [4.78, 5) is 22.3. The fourth-order valence-corrected chi connectivity index (χ4v) is 3.96. The summed E-state index contributed by atoms with van der Waals surface area (Å²) in [6, 6.07) is 17.0. The summed E-state index contributed by atoms with van der Waals surface area (Å²) in [7, 11) is 0. The van der Waals surface area contributed by atoms with E-state index in [0.717, 1.165) is 38.9 Å². The first kappa shape index (κ1) is 20.8. The molecule has 164 valence electrons. The third-order valence-corrected chi connectivity index (χ3v) is 5.62. The Morgan fingerprint density at radius 1 is 1.15 bits per heavy atom. The van der Waals surface area contributed by atoms with Gasteiger partial charge in [0.15, 0.2) is 5.65 Å². The SMILES string of the molecule is Cc1ccc(-c2nc3cnccn3c2Nc2ccc(C(=O)NCc3ccco3)cc2)c(S)c1. The van der Waals surface area contributed by atoms with Crippen molar-refractivity contribution in [2.24, 2.45) is 0 Å². The van der Waals surface area contributed by atoms with Crippen LogP contribution in [0.25, 0.3) is 16.9 Å². The van der Waals surface area contributed by atoms with E-state index in [9.17, 15) is 4.79 Å². The molecule has 0 aliphatic heterocycles. The van der Waals surface area contributed by atoms with Gasteiger partial charge in [-0.2, -0.15) is 0 Å². The number of hydrogen-bond acceptors (Lipinski definition) is 6. The van der Waals surface area contributed by atoms with Crippen LogP contribution in [0.4, 0.5) is 11.5 Å². The number of rotatable bonds is 6. The highest BCUT2D eigenvalue weighted by atomic mass is 32.1. The van der Waals surface area contributed by atoms with Gasteiger partial charge in [-0.3, -0.25) is 14.2 Å². The zero-order valence-corrected chi connectivity index (χ0v) is 18.7. The number of anilines is 2. The summed E-state index contributed by atoms with van der Waals surface area (Å²) in [5.74, 6) is 1.33. The molecule has 0 atom stereocenters. The maximum absolute atomic E-state index is 12.4. The lowest BCUT2D eigenvalue weighted by Gasteiger charge is -2.11. The highest BCUT2D eigenvalue weighted by Crippen LogP contribution is 2.34. The van der Waals surface area contributed by atoms with Gasteiger partial charge < -0.3 is 15.1 Å². The Morgan fingerprint density at radius 3 is 2.76 bits per heavy atom. The van der Waals surface area contributed by atoms with Gasteiger partial charge in [0.1, 0.15) is 17.3 Å². The van der Waals surface area contributed by atoms with Crippen molar-refractivity contribution >= 4 is 35.7 Å². The summed E-state index contributed by atoms with van der Waals surface area (Å²) in [6.45, 7) is 2.37. The molecule has 7 nitrogen and oxygen atoms in total. The van der Waals surface area contributed by atoms with Gasteiger partial charge in [0.25, 0.3) is 5.91 Å². The van der Waals surface area contributed by atoms with Crippen molar-refractivity contribution in [3.63, 3.8) is 0 Å². The van der Waals surface area contributed by atoms with E-state index in [1.165, 1.54) is 0 Å². The summed E-state index contributed by atoms with van der Waals surface area (Å²) in [5.41, 5.74) is 4.93. The van der Waals surface area contributed by atoms with Gasteiger partial charge in [-0.05, 0) is 55.0 Å². The van der Waals surface area contributed by atoms with Crippen molar-refractivity contribution in [3.8, 4) is 11.3 Å². The number of carbonyl (C=O) groups excluding carboxylic acids is 1. The van der Waals surface area contributed by atoms with Crippen molar-refractivity contribution in [3.05, 3.63) is 96.3 Å². The van der Waals surface area contributed by atoms with Crippen molar-refractivity contribution in [1.29, 1.82) is 0 Å². The lowest BCUT2D eigenvalue weighted by atomic mass is 10.1. The molecule has 8 heteroatoms. The molecular weight excluding hydrogens is 434 g/mol. The Hall–Kier alpha value is -4.04. The van der Waals surface area contributed by atoms with E-state index in [-0.39, 0.29) is 5.91 Å². The van der Waals surface area contributed by atoms with Gasteiger partial charge in [0, 0.05) is 34.1 Å². The molecule has 3 aromatic heterocycles. The average Bonchev–Trinajstić information content (AvgIpc) is 3.46. The Bertz CT molecular complexity index is 1430. The number of imidazole rings is 1. The quantitative estimate of drug-likeness (QED) is 0.304. The molecule has 3 heterocycles. The first-order valence-electron chi connectivity index (χ1n) is 10.4. The molecule has 5 aromatic rings. The number of furan rings is 1. The first-order chi connectivity index (χ1) is 16.1. The summed E-state index contributed by atoms with van der Waals surface area (Å²) < 4.78 is 7.20. The molecule has 0 bridgehead atoms. The number of benzene rings is 2. The molecule has 0 spiro atoms. The molecule has 0 aliphatic rings. The number of hydrogen-bond donors (Lipinski definition) is 3. The van der Waals surface area contributed by atoms with Crippen LogP contribution in [0, 0.1) is 6.92 Å². The molecule has 0 radical (unpaired) electrons. The van der Waals surface area contributed by atoms with Crippen molar-refractivity contribution in [2.75, 3.05) is 5.32 Å². The van der Waals surface area contributed by atoms with E-state index < -0.39 is 0 Å². The normalized spacial score (nSPS) is 11.0. The van der Waals surface area contributed by atoms with Crippen molar-refractivity contribution in [2.45, 2.75) is 18.4 Å². The fourth-order valence-electron chi connectivity index (χ4n) is 3.58. The number of aromatic nitrogens is 3. The summed E-state index contributed by atoms with van der Waals surface area (Å²) in [6.07, 6.45) is 6.87. The van der Waals surface area contributed by atoms with Gasteiger partial charge in [-0.25, -0.2) is 4.98 Å². The lowest BCUT2D eigenvalue weighted by molar-refractivity contribution is 0.0948. The predicted octanol–water partition coefficient (Wildman–Crippen LogP) is 5.26. The van der Waals surface area contributed by atoms with Crippen LogP contribution in [-0.2, 0) is 6.54 Å². The van der Waals surface area contributed by atoms with E-state index in [0.29, 0.717) is 17.9 Å². The molecule has 2 aromatic carbocycles. The Morgan fingerprint density at radius 2 is 2.00 bits per heavy atom. The molecule has 0 aliphatic carbocycles. The molecule has 0 saturated heterocycles. The number of nitrogens with one attached hydrogen (secondary N) is 2.